The summed E-state index contributed by atoms with van der Waals surface area (Å²) >= 11 is 3.56. The maximum Gasteiger partial charge on any atom is 0.239 e. The summed E-state index contributed by atoms with van der Waals surface area (Å²) in [5, 5.41) is 15.0. The molecular formula is C24H34N2O2S2. The van der Waals surface area contributed by atoms with Crippen molar-refractivity contribution in [2.45, 2.75) is 57.8 Å². The number of likely N-dealkylation sites (tertiary alicyclic amines) is 1. The maximum atomic E-state index is 12.7. The molecule has 1 atom stereocenters. The summed E-state index contributed by atoms with van der Waals surface area (Å²) in [6, 6.07) is 0. The number of nitrogens with zero attached hydrogens (tertiary/aromatic N) is 1. The van der Waals surface area contributed by atoms with E-state index < -0.39 is 6.10 Å². The highest BCUT2D eigenvalue weighted by atomic mass is 32.2. The minimum absolute atomic E-state index is 0.0295. The van der Waals surface area contributed by atoms with E-state index >= 15 is 0 Å². The van der Waals surface area contributed by atoms with E-state index in [1.807, 2.05) is 43.0 Å². The van der Waals surface area contributed by atoms with Crippen molar-refractivity contribution in [1.82, 2.24) is 4.90 Å². The Morgan fingerprint density at radius 1 is 1.30 bits per heavy atom. The summed E-state index contributed by atoms with van der Waals surface area (Å²) < 4.78 is 0. The van der Waals surface area contributed by atoms with E-state index in [9.17, 15) is 9.90 Å². The minimum Gasteiger partial charge on any atom is -0.384 e. The van der Waals surface area contributed by atoms with Gasteiger partial charge in [-0.05, 0) is 62.6 Å². The number of amides is 1. The zero-order valence-corrected chi connectivity index (χ0v) is 19.8. The van der Waals surface area contributed by atoms with Gasteiger partial charge in [0.05, 0.1) is 6.54 Å². The first kappa shape index (κ1) is 23.3. The molecule has 2 aliphatic heterocycles. The summed E-state index contributed by atoms with van der Waals surface area (Å²) in [5.74, 6) is 2.06. The van der Waals surface area contributed by atoms with Crippen LogP contribution in [0.25, 0.3) is 0 Å². The van der Waals surface area contributed by atoms with Crippen LogP contribution in [0.3, 0.4) is 0 Å². The Kier molecular flexibility index (Phi) is 9.25. The lowest BCUT2D eigenvalue weighted by Crippen LogP contribution is -2.36. The third-order valence-corrected chi connectivity index (χ3v) is 7.95. The van der Waals surface area contributed by atoms with E-state index in [1.165, 1.54) is 35.3 Å². The van der Waals surface area contributed by atoms with Crippen molar-refractivity contribution in [2.75, 3.05) is 30.7 Å². The zero-order valence-electron chi connectivity index (χ0n) is 18.2. The quantitative estimate of drug-likeness (QED) is 0.520. The molecule has 1 aromatic heterocycles. The highest BCUT2D eigenvalue weighted by Crippen LogP contribution is 2.42. The number of nitrogens with one attached hydrogen (secondary N) is 1. The second-order valence-electron chi connectivity index (χ2n) is 7.86. The van der Waals surface area contributed by atoms with Crippen molar-refractivity contribution in [3.63, 3.8) is 0 Å². The van der Waals surface area contributed by atoms with Crippen LogP contribution in [0.2, 0.25) is 0 Å². The fourth-order valence-corrected chi connectivity index (χ4v) is 6.47. The number of rotatable bonds is 8. The SMILES string of the molecule is C\C=C/C(=C\C=C\C(O)c1c(NC(=O)CN2CCCCC2)sc2c1CCSC2)CC. The molecule has 3 rings (SSSR count). The number of piperidine rings is 1. The second kappa shape index (κ2) is 11.9. The molecule has 4 nitrogen and oxygen atoms in total. The van der Waals surface area contributed by atoms with Crippen LogP contribution in [-0.2, 0) is 17.0 Å². The number of aliphatic hydroxyl groups is 1. The molecule has 0 aromatic carbocycles. The number of aliphatic hydroxyl groups excluding tert-OH is 1. The second-order valence-corrected chi connectivity index (χ2v) is 10.1. The number of carbonyl (C=O) groups is 1. The monoisotopic (exact) mass is 446 g/mol. The van der Waals surface area contributed by atoms with Gasteiger partial charge in [0.15, 0.2) is 0 Å². The highest BCUT2D eigenvalue weighted by Gasteiger charge is 2.26. The Balaban J connectivity index is 1.76. The van der Waals surface area contributed by atoms with Crippen LogP contribution in [0.15, 0.2) is 36.0 Å². The van der Waals surface area contributed by atoms with E-state index in [4.69, 9.17) is 0 Å². The molecule has 0 saturated carbocycles. The predicted molar refractivity (Wildman–Crippen MR) is 130 cm³/mol. The molecule has 30 heavy (non-hydrogen) atoms. The Labute approximate surface area is 189 Å². The van der Waals surface area contributed by atoms with E-state index in [-0.39, 0.29) is 5.91 Å². The fraction of sp³-hybridized carbons (Fsp3) is 0.542. The number of thioether (sulfide) groups is 1. The van der Waals surface area contributed by atoms with Gasteiger partial charge in [-0.25, -0.2) is 0 Å². The van der Waals surface area contributed by atoms with Gasteiger partial charge in [0.2, 0.25) is 5.91 Å². The van der Waals surface area contributed by atoms with E-state index in [0.717, 1.165) is 48.0 Å². The molecule has 0 bridgehead atoms. The molecule has 1 aromatic rings. The molecule has 3 heterocycles. The standard InChI is InChI=1S/C24H34N2O2S2/c1-3-9-18(4-2)10-8-11-20(27)23-19-12-15-29-17-21(19)30-24(23)25-22(28)16-26-13-6-5-7-14-26/h3,8-11,20,27H,4-7,12-17H2,1-2H3,(H,25,28)/b9-3-,11-8+,18-10-. The van der Waals surface area contributed by atoms with Gasteiger partial charge >= 0.3 is 0 Å². The summed E-state index contributed by atoms with van der Waals surface area (Å²) in [6.07, 6.45) is 14.7. The van der Waals surface area contributed by atoms with Gasteiger partial charge in [-0.15, -0.1) is 11.3 Å². The van der Waals surface area contributed by atoms with Gasteiger partial charge in [-0.1, -0.05) is 43.7 Å². The van der Waals surface area contributed by atoms with Gasteiger partial charge < -0.3 is 10.4 Å². The van der Waals surface area contributed by atoms with Crippen molar-refractivity contribution >= 4 is 34.0 Å². The first-order valence-corrected chi connectivity index (χ1v) is 13.0. The average molecular weight is 447 g/mol. The molecule has 0 aliphatic carbocycles. The van der Waals surface area contributed by atoms with Crippen molar-refractivity contribution in [3.05, 3.63) is 52.0 Å². The summed E-state index contributed by atoms with van der Waals surface area (Å²) in [7, 11) is 0. The average Bonchev–Trinajstić information content (AvgIpc) is 3.11. The number of carbonyl (C=O) groups excluding carboxylic acids is 1. The first-order chi connectivity index (χ1) is 14.6. The summed E-state index contributed by atoms with van der Waals surface area (Å²) in [4.78, 5) is 16.2. The van der Waals surface area contributed by atoms with Crippen molar-refractivity contribution in [3.8, 4) is 0 Å². The lowest BCUT2D eigenvalue weighted by molar-refractivity contribution is -0.117. The molecule has 1 amide bonds. The van der Waals surface area contributed by atoms with Gasteiger partial charge in [0.25, 0.3) is 0 Å². The number of anilines is 1. The molecule has 1 unspecified atom stereocenters. The van der Waals surface area contributed by atoms with E-state index in [0.29, 0.717) is 6.54 Å². The fourth-order valence-electron chi connectivity index (χ4n) is 4.04. The minimum atomic E-state index is -0.710. The van der Waals surface area contributed by atoms with Crippen LogP contribution in [0.5, 0.6) is 0 Å². The van der Waals surface area contributed by atoms with Gasteiger partial charge in [-0.2, -0.15) is 11.8 Å². The Morgan fingerprint density at radius 2 is 2.10 bits per heavy atom. The van der Waals surface area contributed by atoms with Crippen LogP contribution in [0.1, 0.15) is 61.6 Å². The lowest BCUT2D eigenvalue weighted by Gasteiger charge is -2.25. The number of allylic oxidation sites excluding steroid dienone is 5. The van der Waals surface area contributed by atoms with Crippen LogP contribution >= 0.6 is 23.1 Å². The molecule has 0 radical (unpaired) electrons. The zero-order chi connectivity index (χ0) is 21.3. The number of thiophene rings is 1. The number of hydrogen-bond acceptors (Lipinski definition) is 5. The third kappa shape index (κ3) is 6.33. The number of fused-ring (bicyclic) bond motifs is 1. The molecule has 164 valence electrons. The molecule has 2 N–H and O–H groups in total. The van der Waals surface area contributed by atoms with Crippen molar-refractivity contribution < 1.29 is 9.90 Å². The molecular weight excluding hydrogens is 412 g/mol. The van der Waals surface area contributed by atoms with Crippen molar-refractivity contribution in [1.29, 1.82) is 0 Å². The van der Waals surface area contributed by atoms with Gasteiger partial charge in [0, 0.05) is 16.2 Å². The molecule has 1 saturated heterocycles. The van der Waals surface area contributed by atoms with E-state index in [1.54, 1.807) is 11.3 Å². The smallest absolute Gasteiger partial charge is 0.239 e. The van der Waals surface area contributed by atoms with Crippen molar-refractivity contribution in [2.24, 2.45) is 0 Å². The van der Waals surface area contributed by atoms with E-state index in [2.05, 4.69) is 23.2 Å². The molecule has 0 spiro atoms. The summed E-state index contributed by atoms with van der Waals surface area (Å²) in [6.45, 7) is 6.58. The van der Waals surface area contributed by atoms with Crippen LogP contribution in [0, 0.1) is 0 Å². The Bertz CT molecular complexity index is 804. The Morgan fingerprint density at radius 3 is 2.83 bits per heavy atom. The van der Waals surface area contributed by atoms with Gasteiger partial charge in [0.1, 0.15) is 11.1 Å². The normalized spacial score (nSPS) is 19.4. The summed E-state index contributed by atoms with van der Waals surface area (Å²) in [5.41, 5.74) is 3.35. The largest absolute Gasteiger partial charge is 0.384 e. The highest BCUT2D eigenvalue weighted by molar-refractivity contribution is 7.98. The van der Waals surface area contributed by atoms with Gasteiger partial charge in [-0.3, -0.25) is 9.69 Å². The molecule has 2 aliphatic rings. The molecule has 6 heteroatoms. The van der Waals surface area contributed by atoms with Crippen LogP contribution < -0.4 is 5.32 Å². The molecule has 1 fully saturated rings. The first-order valence-electron chi connectivity index (χ1n) is 11.0. The Hall–Kier alpha value is -1.34. The maximum absolute atomic E-state index is 12.7. The topological polar surface area (TPSA) is 52.6 Å². The van der Waals surface area contributed by atoms with Crippen LogP contribution in [0.4, 0.5) is 5.00 Å². The number of hydrogen-bond donors (Lipinski definition) is 2. The lowest BCUT2D eigenvalue weighted by atomic mass is 10.0. The third-order valence-electron chi connectivity index (χ3n) is 5.62. The predicted octanol–water partition coefficient (Wildman–Crippen LogP) is 5.46. The van der Waals surface area contributed by atoms with Crippen LogP contribution in [-0.4, -0.2) is 41.3 Å².